The summed E-state index contributed by atoms with van der Waals surface area (Å²) in [5.74, 6) is -1.53. The zero-order valence-corrected chi connectivity index (χ0v) is 19.1. The van der Waals surface area contributed by atoms with E-state index in [2.05, 4.69) is 8.75 Å². The van der Waals surface area contributed by atoms with Crippen molar-refractivity contribution in [3.05, 3.63) is 82.7 Å². The zero-order valence-electron chi connectivity index (χ0n) is 18.3. The SMILES string of the molecule is COc1ccc(C/C(C(=O)c2ccc3c(c2)OCO3)=C(\C(=O)O)c2ccc3nsnc3c2)cc1F. The van der Waals surface area contributed by atoms with Crippen LogP contribution < -0.4 is 14.2 Å². The van der Waals surface area contributed by atoms with Gasteiger partial charge in [-0.25, -0.2) is 9.18 Å². The van der Waals surface area contributed by atoms with E-state index >= 15 is 0 Å². The van der Waals surface area contributed by atoms with Crippen LogP contribution in [-0.4, -0.2) is 39.5 Å². The molecular weight excluding hydrogens is 475 g/mol. The Kier molecular flexibility index (Phi) is 5.87. The van der Waals surface area contributed by atoms with Gasteiger partial charge in [-0.1, -0.05) is 12.1 Å². The first-order chi connectivity index (χ1) is 16.9. The van der Waals surface area contributed by atoms with Gasteiger partial charge in [-0.05, 0) is 53.6 Å². The maximum atomic E-state index is 14.4. The van der Waals surface area contributed by atoms with Crippen LogP contribution in [0.3, 0.4) is 0 Å². The highest BCUT2D eigenvalue weighted by atomic mass is 32.1. The van der Waals surface area contributed by atoms with Crippen molar-refractivity contribution in [2.75, 3.05) is 13.9 Å². The van der Waals surface area contributed by atoms with Gasteiger partial charge in [0.15, 0.2) is 28.8 Å². The number of carbonyl (C=O) groups excluding carboxylic acids is 1. The second-order valence-corrected chi connectivity index (χ2v) is 8.20. The number of carboxylic acids is 1. The number of carbonyl (C=O) groups is 2. The molecule has 1 aliphatic rings. The first kappa shape index (κ1) is 22.5. The Labute approximate surface area is 202 Å². The number of Topliss-reactive ketones (excluding diaryl/α,β-unsaturated/α-hetero) is 1. The quantitative estimate of drug-likeness (QED) is 0.296. The molecule has 1 aliphatic heterocycles. The molecule has 176 valence electrons. The number of halogens is 1. The third-order valence-corrected chi connectivity index (χ3v) is 6.12. The Hall–Kier alpha value is -4.31. The van der Waals surface area contributed by atoms with Crippen LogP contribution in [0.25, 0.3) is 16.6 Å². The molecule has 0 radical (unpaired) electrons. The first-order valence-electron chi connectivity index (χ1n) is 10.4. The highest BCUT2D eigenvalue weighted by molar-refractivity contribution is 7.00. The summed E-state index contributed by atoms with van der Waals surface area (Å²) in [5, 5.41) is 10.2. The van der Waals surface area contributed by atoms with Crippen molar-refractivity contribution in [3.63, 3.8) is 0 Å². The topological polar surface area (TPSA) is 108 Å². The van der Waals surface area contributed by atoms with Crippen molar-refractivity contribution in [2.24, 2.45) is 0 Å². The number of aromatic nitrogens is 2. The molecule has 0 amide bonds. The third kappa shape index (κ3) is 4.31. The Balaban J connectivity index is 1.67. The lowest BCUT2D eigenvalue weighted by Crippen LogP contribution is -2.14. The van der Waals surface area contributed by atoms with Crippen molar-refractivity contribution in [1.29, 1.82) is 0 Å². The highest BCUT2D eigenvalue weighted by Gasteiger charge is 2.26. The third-order valence-electron chi connectivity index (χ3n) is 5.56. The summed E-state index contributed by atoms with van der Waals surface area (Å²) in [4.78, 5) is 26.2. The number of ether oxygens (including phenoxy) is 3. The van der Waals surface area contributed by atoms with Crippen LogP contribution in [0.5, 0.6) is 17.2 Å². The fraction of sp³-hybridized carbons (Fsp3) is 0.120. The standard InChI is InChI=1S/C25H17FN2O6S/c1-32-20-6-2-13(9-17(20)26)8-16(24(29)15-4-7-21-22(11-15)34-12-33-21)23(25(30)31)14-3-5-18-19(10-14)28-35-27-18/h2-7,9-11H,8,12H2,1H3,(H,30,31)/b23-16+. The number of carboxylic acid groups (broad SMARTS) is 1. The molecule has 0 saturated carbocycles. The average molecular weight is 492 g/mol. The molecular formula is C25H17FN2O6S. The Morgan fingerprint density at radius 2 is 1.77 bits per heavy atom. The number of nitrogens with zero attached hydrogens (tertiary/aromatic N) is 2. The van der Waals surface area contributed by atoms with Crippen LogP contribution in [0, 0.1) is 5.82 Å². The second kappa shape index (κ2) is 9.15. The van der Waals surface area contributed by atoms with Gasteiger partial charge in [-0.3, -0.25) is 4.79 Å². The zero-order chi connectivity index (χ0) is 24.5. The Bertz CT molecular complexity index is 1510. The largest absolute Gasteiger partial charge is 0.494 e. The molecule has 1 N–H and O–H groups in total. The van der Waals surface area contributed by atoms with Crippen LogP contribution in [0.15, 0.2) is 60.2 Å². The summed E-state index contributed by atoms with van der Waals surface area (Å²) in [6, 6.07) is 13.7. The molecule has 3 aromatic carbocycles. The van der Waals surface area contributed by atoms with Gasteiger partial charge in [0.2, 0.25) is 6.79 Å². The van der Waals surface area contributed by atoms with Gasteiger partial charge in [0, 0.05) is 17.6 Å². The molecule has 1 aromatic heterocycles. The molecule has 0 atom stereocenters. The van der Waals surface area contributed by atoms with Crippen molar-refractivity contribution in [3.8, 4) is 17.2 Å². The lowest BCUT2D eigenvalue weighted by atomic mass is 9.89. The molecule has 0 saturated heterocycles. The number of allylic oxidation sites excluding steroid dienone is 1. The first-order valence-corrected chi connectivity index (χ1v) is 11.1. The van der Waals surface area contributed by atoms with Crippen molar-refractivity contribution < 1.29 is 33.3 Å². The van der Waals surface area contributed by atoms with Crippen LogP contribution in [0.1, 0.15) is 21.5 Å². The number of ketones is 1. The molecule has 8 nitrogen and oxygen atoms in total. The van der Waals surface area contributed by atoms with E-state index in [1.807, 2.05) is 0 Å². The normalized spacial score (nSPS) is 13.0. The Morgan fingerprint density at radius 3 is 2.54 bits per heavy atom. The molecule has 10 heteroatoms. The summed E-state index contributed by atoms with van der Waals surface area (Å²) in [5.41, 5.74) is 1.80. The average Bonchev–Trinajstić information content (AvgIpc) is 3.51. The predicted molar refractivity (Wildman–Crippen MR) is 126 cm³/mol. The van der Waals surface area contributed by atoms with Gasteiger partial charge in [0.25, 0.3) is 0 Å². The number of benzene rings is 3. The summed E-state index contributed by atoms with van der Waals surface area (Å²) in [6.45, 7) is 0.0306. The molecule has 0 bridgehead atoms. The van der Waals surface area contributed by atoms with Crippen molar-refractivity contribution >= 4 is 40.1 Å². The van der Waals surface area contributed by atoms with E-state index in [-0.39, 0.29) is 41.2 Å². The minimum atomic E-state index is -1.30. The maximum absolute atomic E-state index is 14.4. The maximum Gasteiger partial charge on any atom is 0.336 e. The number of rotatable bonds is 7. The Morgan fingerprint density at radius 1 is 1.00 bits per heavy atom. The second-order valence-electron chi connectivity index (χ2n) is 7.67. The van der Waals surface area contributed by atoms with Gasteiger partial charge < -0.3 is 19.3 Å². The number of fused-ring (bicyclic) bond motifs is 2. The van der Waals surface area contributed by atoms with Gasteiger partial charge in [-0.2, -0.15) is 8.75 Å². The molecule has 35 heavy (non-hydrogen) atoms. The lowest BCUT2D eigenvalue weighted by molar-refractivity contribution is -0.130. The van der Waals surface area contributed by atoms with Gasteiger partial charge in [-0.15, -0.1) is 0 Å². The van der Waals surface area contributed by atoms with E-state index in [1.54, 1.807) is 30.3 Å². The van der Waals surface area contributed by atoms with Gasteiger partial charge in [0.1, 0.15) is 11.0 Å². The minimum Gasteiger partial charge on any atom is -0.494 e. The minimum absolute atomic E-state index is 0.0246. The predicted octanol–water partition coefficient (Wildman–Crippen LogP) is 4.53. The number of methoxy groups -OCH3 is 1. The van der Waals surface area contributed by atoms with Crippen LogP contribution >= 0.6 is 11.7 Å². The fourth-order valence-corrected chi connectivity index (χ4v) is 4.40. The number of hydrogen-bond donors (Lipinski definition) is 1. The van der Waals surface area contributed by atoms with E-state index in [0.717, 1.165) is 11.7 Å². The van der Waals surface area contributed by atoms with Crippen molar-refractivity contribution in [2.45, 2.75) is 6.42 Å². The fourth-order valence-electron chi connectivity index (χ4n) is 3.88. The van der Waals surface area contributed by atoms with Crippen LogP contribution in [0.4, 0.5) is 4.39 Å². The lowest BCUT2D eigenvalue weighted by Gasteiger charge is -2.14. The smallest absolute Gasteiger partial charge is 0.336 e. The van der Waals surface area contributed by atoms with Gasteiger partial charge in [0.05, 0.1) is 24.4 Å². The molecule has 0 fully saturated rings. The van der Waals surface area contributed by atoms with Crippen LogP contribution in [0.2, 0.25) is 0 Å². The molecule has 5 rings (SSSR count). The summed E-state index contributed by atoms with van der Waals surface area (Å²) < 4.78 is 38.4. The summed E-state index contributed by atoms with van der Waals surface area (Å²) >= 11 is 1.00. The number of aliphatic carboxylic acids is 1. The van der Waals surface area contributed by atoms with E-state index < -0.39 is 17.6 Å². The van der Waals surface area contributed by atoms with E-state index in [9.17, 15) is 19.1 Å². The highest BCUT2D eigenvalue weighted by Crippen LogP contribution is 2.35. The van der Waals surface area contributed by atoms with Gasteiger partial charge >= 0.3 is 5.97 Å². The molecule has 0 unspecified atom stereocenters. The van der Waals surface area contributed by atoms with Crippen LogP contribution in [-0.2, 0) is 11.2 Å². The molecule has 0 spiro atoms. The summed E-state index contributed by atoms with van der Waals surface area (Å²) in [6.07, 6.45) is -0.136. The van der Waals surface area contributed by atoms with E-state index in [1.165, 1.54) is 31.4 Å². The molecule has 4 aromatic rings. The van der Waals surface area contributed by atoms with E-state index in [0.29, 0.717) is 28.1 Å². The molecule has 2 heterocycles. The number of hydrogen-bond acceptors (Lipinski definition) is 8. The van der Waals surface area contributed by atoms with Crippen molar-refractivity contribution in [1.82, 2.24) is 8.75 Å². The van der Waals surface area contributed by atoms with E-state index in [4.69, 9.17) is 14.2 Å². The molecule has 0 aliphatic carbocycles. The monoisotopic (exact) mass is 492 g/mol. The summed E-state index contributed by atoms with van der Waals surface area (Å²) in [7, 11) is 1.35.